The van der Waals surface area contributed by atoms with Gasteiger partial charge in [-0.15, -0.1) is 5.10 Å². The molecule has 1 fully saturated rings. The molecule has 1 aliphatic rings. The lowest BCUT2D eigenvalue weighted by molar-refractivity contribution is 0.0737. The molecule has 17 heavy (non-hydrogen) atoms. The van der Waals surface area contributed by atoms with Crippen LogP contribution < -0.4 is 0 Å². The van der Waals surface area contributed by atoms with Gasteiger partial charge in [0.25, 0.3) is 0 Å². The monoisotopic (exact) mass is 238 g/mol. The van der Waals surface area contributed by atoms with Crippen LogP contribution in [-0.2, 0) is 12.1 Å². The quantitative estimate of drug-likeness (QED) is 0.831. The van der Waals surface area contributed by atoms with Crippen LogP contribution in [0.25, 0.3) is 0 Å². The number of nitrogens with zero attached hydrogens (tertiary/aromatic N) is 4. The van der Waals surface area contributed by atoms with Gasteiger partial charge in [0.1, 0.15) is 11.3 Å². The second kappa shape index (κ2) is 5.14. The summed E-state index contributed by atoms with van der Waals surface area (Å²) in [6, 6.07) is 0. The van der Waals surface area contributed by atoms with Crippen LogP contribution in [-0.4, -0.2) is 44.6 Å². The summed E-state index contributed by atoms with van der Waals surface area (Å²) in [5.41, 5.74) is -0.258. The minimum atomic E-state index is -0.896. The normalized spacial score (nSPS) is 17.8. The molecule has 0 radical (unpaired) electrons. The van der Waals surface area contributed by atoms with E-state index in [0.29, 0.717) is 5.69 Å². The number of rotatable bonds is 5. The number of hydrogen-bond donors (Lipinski definition) is 1. The molecule has 0 amide bonds. The van der Waals surface area contributed by atoms with E-state index in [1.807, 2.05) is 10.9 Å². The maximum atomic E-state index is 9.78. The highest BCUT2D eigenvalue weighted by Gasteiger charge is 2.20. The van der Waals surface area contributed by atoms with Gasteiger partial charge in [-0.1, -0.05) is 5.21 Å². The van der Waals surface area contributed by atoms with E-state index in [0.717, 1.165) is 19.5 Å². The van der Waals surface area contributed by atoms with Gasteiger partial charge < -0.3 is 10.0 Å². The molecule has 0 spiro atoms. The SMILES string of the molecule is CC(C)(O)c1cn(CCCN2CCCC2)nn1. The molecule has 0 aliphatic carbocycles. The smallest absolute Gasteiger partial charge is 0.114 e. The van der Waals surface area contributed by atoms with Crippen molar-refractivity contribution < 1.29 is 5.11 Å². The van der Waals surface area contributed by atoms with Crippen LogP contribution in [0.3, 0.4) is 0 Å². The predicted octanol–water partition coefficient (Wildman–Crippen LogP) is 0.991. The van der Waals surface area contributed by atoms with Crippen LogP contribution in [0.4, 0.5) is 0 Å². The highest BCUT2D eigenvalue weighted by Crippen LogP contribution is 2.15. The average molecular weight is 238 g/mol. The van der Waals surface area contributed by atoms with Gasteiger partial charge >= 0.3 is 0 Å². The first-order valence-corrected chi connectivity index (χ1v) is 6.41. The van der Waals surface area contributed by atoms with E-state index in [-0.39, 0.29) is 0 Å². The lowest BCUT2D eigenvalue weighted by Gasteiger charge is -2.14. The highest BCUT2D eigenvalue weighted by molar-refractivity contribution is 5.02. The van der Waals surface area contributed by atoms with Gasteiger partial charge in [0.05, 0.1) is 6.20 Å². The number of likely N-dealkylation sites (tertiary alicyclic amines) is 1. The first-order valence-electron chi connectivity index (χ1n) is 6.41. The zero-order valence-electron chi connectivity index (χ0n) is 10.8. The molecule has 0 saturated carbocycles. The molecule has 1 saturated heterocycles. The molecule has 2 rings (SSSR count). The van der Waals surface area contributed by atoms with Crippen molar-refractivity contribution in [3.63, 3.8) is 0 Å². The van der Waals surface area contributed by atoms with Crippen LogP contribution in [0.1, 0.15) is 38.8 Å². The summed E-state index contributed by atoms with van der Waals surface area (Å²) in [5.74, 6) is 0. The number of aliphatic hydroxyl groups is 1. The number of aromatic nitrogens is 3. The topological polar surface area (TPSA) is 54.2 Å². The molecule has 5 heteroatoms. The van der Waals surface area contributed by atoms with Crippen molar-refractivity contribution in [2.45, 2.75) is 45.3 Å². The van der Waals surface area contributed by atoms with Gasteiger partial charge in [0.15, 0.2) is 0 Å². The lowest BCUT2D eigenvalue weighted by Crippen LogP contribution is -2.21. The molecule has 96 valence electrons. The zero-order valence-corrected chi connectivity index (χ0v) is 10.8. The fourth-order valence-electron chi connectivity index (χ4n) is 2.15. The highest BCUT2D eigenvalue weighted by atomic mass is 16.3. The van der Waals surface area contributed by atoms with E-state index < -0.39 is 5.60 Å². The Morgan fingerprint density at radius 2 is 2.00 bits per heavy atom. The van der Waals surface area contributed by atoms with Crippen molar-refractivity contribution >= 4 is 0 Å². The first-order chi connectivity index (χ1) is 8.05. The Morgan fingerprint density at radius 1 is 1.29 bits per heavy atom. The van der Waals surface area contributed by atoms with Crippen molar-refractivity contribution in [3.05, 3.63) is 11.9 Å². The molecule has 5 nitrogen and oxygen atoms in total. The minimum Gasteiger partial charge on any atom is -0.384 e. The third-order valence-electron chi connectivity index (χ3n) is 3.23. The predicted molar refractivity (Wildman–Crippen MR) is 65.6 cm³/mol. The van der Waals surface area contributed by atoms with Gasteiger partial charge in [0.2, 0.25) is 0 Å². The van der Waals surface area contributed by atoms with Gasteiger partial charge in [-0.2, -0.15) is 0 Å². The molecule has 1 aromatic heterocycles. The Kier molecular flexibility index (Phi) is 3.79. The fourth-order valence-corrected chi connectivity index (χ4v) is 2.15. The maximum Gasteiger partial charge on any atom is 0.114 e. The van der Waals surface area contributed by atoms with E-state index in [1.54, 1.807) is 13.8 Å². The Labute approximate surface area is 102 Å². The molecule has 0 aromatic carbocycles. The standard InChI is InChI=1S/C12H22N4O/c1-12(2,17)11-10-16(14-13-11)9-5-8-15-6-3-4-7-15/h10,17H,3-9H2,1-2H3. The van der Waals surface area contributed by atoms with Gasteiger partial charge in [-0.05, 0) is 52.7 Å². The molecule has 1 aliphatic heterocycles. The van der Waals surface area contributed by atoms with Crippen molar-refractivity contribution in [2.24, 2.45) is 0 Å². The lowest BCUT2D eigenvalue weighted by atomic mass is 10.1. The fraction of sp³-hybridized carbons (Fsp3) is 0.833. The van der Waals surface area contributed by atoms with E-state index in [9.17, 15) is 5.11 Å². The van der Waals surface area contributed by atoms with Gasteiger partial charge in [-0.3, -0.25) is 4.68 Å². The van der Waals surface area contributed by atoms with E-state index >= 15 is 0 Å². The molecule has 1 N–H and O–H groups in total. The van der Waals surface area contributed by atoms with Crippen LogP contribution >= 0.6 is 0 Å². The van der Waals surface area contributed by atoms with Crippen LogP contribution in [0.5, 0.6) is 0 Å². The zero-order chi connectivity index (χ0) is 12.3. The number of aryl methyl sites for hydroxylation is 1. The Balaban J connectivity index is 1.77. The Hall–Kier alpha value is -0.940. The Bertz CT molecular complexity index is 350. The second-order valence-electron chi connectivity index (χ2n) is 5.33. The molecular weight excluding hydrogens is 216 g/mol. The maximum absolute atomic E-state index is 9.78. The summed E-state index contributed by atoms with van der Waals surface area (Å²) in [4.78, 5) is 2.49. The largest absolute Gasteiger partial charge is 0.384 e. The van der Waals surface area contributed by atoms with Crippen molar-refractivity contribution in [3.8, 4) is 0 Å². The first kappa shape index (κ1) is 12.5. The molecule has 0 unspecified atom stereocenters. The molecule has 1 aromatic rings. The summed E-state index contributed by atoms with van der Waals surface area (Å²) in [6.07, 6.45) is 5.61. The van der Waals surface area contributed by atoms with E-state index in [2.05, 4.69) is 15.2 Å². The third-order valence-corrected chi connectivity index (χ3v) is 3.23. The van der Waals surface area contributed by atoms with Crippen molar-refractivity contribution in [1.29, 1.82) is 0 Å². The number of hydrogen-bond acceptors (Lipinski definition) is 4. The van der Waals surface area contributed by atoms with E-state index in [1.165, 1.54) is 25.9 Å². The summed E-state index contributed by atoms with van der Waals surface area (Å²) in [7, 11) is 0. The third kappa shape index (κ3) is 3.51. The molecule has 0 bridgehead atoms. The van der Waals surface area contributed by atoms with Crippen LogP contribution in [0, 0.1) is 0 Å². The molecule has 2 heterocycles. The summed E-state index contributed by atoms with van der Waals surface area (Å²) in [6.45, 7) is 7.95. The molecule has 0 atom stereocenters. The summed E-state index contributed by atoms with van der Waals surface area (Å²) < 4.78 is 1.82. The Morgan fingerprint density at radius 3 is 2.59 bits per heavy atom. The minimum absolute atomic E-state index is 0.638. The van der Waals surface area contributed by atoms with Crippen LogP contribution in [0.2, 0.25) is 0 Å². The second-order valence-corrected chi connectivity index (χ2v) is 5.33. The average Bonchev–Trinajstić information content (AvgIpc) is 2.86. The summed E-state index contributed by atoms with van der Waals surface area (Å²) in [5, 5.41) is 17.8. The molecular formula is C12H22N4O. The van der Waals surface area contributed by atoms with Crippen LogP contribution in [0.15, 0.2) is 6.20 Å². The van der Waals surface area contributed by atoms with Crippen molar-refractivity contribution in [1.82, 2.24) is 19.9 Å². The van der Waals surface area contributed by atoms with Gasteiger partial charge in [0, 0.05) is 6.54 Å². The van der Waals surface area contributed by atoms with Crippen molar-refractivity contribution in [2.75, 3.05) is 19.6 Å². The summed E-state index contributed by atoms with van der Waals surface area (Å²) >= 11 is 0. The van der Waals surface area contributed by atoms with E-state index in [4.69, 9.17) is 0 Å². The van der Waals surface area contributed by atoms with Gasteiger partial charge in [-0.25, -0.2) is 0 Å².